The fraction of sp³-hybridized carbons (Fsp3) is 0.412. The van der Waals surface area contributed by atoms with Gasteiger partial charge >= 0.3 is 5.97 Å². The van der Waals surface area contributed by atoms with E-state index in [0.717, 1.165) is 90.2 Å². The number of halogens is 1. The minimum Gasteiger partial charge on any atom is -0.493 e. The molecule has 0 unspecified atom stereocenters. The maximum atomic E-state index is 14.3. The maximum Gasteiger partial charge on any atom is 0.310 e. The normalized spacial score (nSPS) is 17.1. The number of piperidine rings is 1. The topological polar surface area (TPSA) is 65.3 Å². The quantitative estimate of drug-likeness (QED) is 0.248. The van der Waals surface area contributed by atoms with Crippen LogP contribution in [0.3, 0.4) is 0 Å². The SMILES string of the molecule is COC(=O)Cc1c(C)cc2nc3cn2c1N1CCC(C)(CC1)OCCCCCOc1cc(F)ccc1-c1cccc-3c1. The molecule has 3 aliphatic heterocycles. The summed E-state index contributed by atoms with van der Waals surface area (Å²) < 4.78 is 34.0. The zero-order chi connectivity index (χ0) is 29.3. The van der Waals surface area contributed by atoms with Crippen molar-refractivity contribution in [1.29, 1.82) is 0 Å². The van der Waals surface area contributed by atoms with Crippen LogP contribution in [0, 0.1) is 12.7 Å². The number of rotatable bonds is 2. The van der Waals surface area contributed by atoms with Gasteiger partial charge in [0.1, 0.15) is 23.0 Å². The van der Waals surface area contributed by atoms with Crippen molar-refractivity contribution >= 4 is 17.4 Å². The van der Waals surface area contributed by atoms with Crippen molar-refractivity contribution in [2.24, 2.45) is 0 Å². The summed E-state index contributed by atoms with van der Waals surface area (Å²) in [7, 11) is 1.43. The number of ether oxygens (including phenoxy) is 3. The summed E-state index contributed by atoms with van der Waals surface area (Å²) in [4.78, 5) is 19.9. The summed E-state index contributed by atoms with van der Waals surface area (Å²) in [5, 5.41) is 0. The predicted octanol–water partition coefficient (Wildman–Crippen LogP) is 6.77. The fourth-order valence-corrected chi connectivity index (χ4v) is 6.10. The van der Waals surface area contributed by atoms with E-state index in [1.54, 1.807) is 6.07 Å². The number of methoxy groups -OCH3 is 1. The van der Waals surface area contributed by atoms with Crippen LogP contribution in [0.5, 0.6) is 5.75 Å². The maximum absolute atomic E-state index is 14.3. The lowest BCUT2D eigenvalue weighted by molar-refractivity contribution is -0.139. The molecule has 2 aromatic heterocycles. The van der Waals surface area contributed by atoms with Gasteiger partial charge in [-0.05, 0) is 81.3 Å². The number of fused-ring (bicyclic) bond motifs is 8. The highest BCUT2D eigenvalue weighted by Gasteiger charge is 2.33. The first-order chi connectivity index (χ1) is 20.3. The summed E-state index contributed by atoms with van der Waals surface area (Å²) in [6.45, 7) is 7.08. The van der Waals surface area contributed by atoms with Crippen molar-refractivity contribution in [3.8, 4) is 28.1 Å². The van der Waals surface area contributed by atoms with E-state index in [2.05, 4.69) is 28.5 Å². The van der Waals surface area contributed by atoms with Crippen LogP contribution in [0.2, 0.25) is 0 Å². The molecule has 42 heavy (non-hydrogen) atoms. The molecule has 7 nitrogen and oxygen atoms in total. The highest BCUT2D eigenvalue weighted by Crippen LogP contribution is 2.37. The van der Waals surface area contributed by atoms with E-state index in [4.69, 9.17) is 19.2 Å². The molecule has 0 aliphatic carbocycles. The number of aromatic nitrogens is 2. The molecule has 0 radical (unpaired) electrons. The summed E-state index contributed by atoms with van der Waals surface area (Å²) in [5.41, 5.74) is 6.11. The predicted molar refractivity (Wildman–Crippen MR) is 162 cm³/mol. The molecule has 2 aromatic carbocycles. The number of hydrogen-bond donors (Lipinski definition) is 0. The van der Waals surface area contributed by atoms with Crippen molar-refractivity contribution in [1.82, 2.24) is 9.38 Å². The number of esters is 1. The molecule has 4 aromatic rings. The van der Waals surface area contributed by atoms with Gasteiger partial charge in [-0.1, -0.05) is 18.2 Å². The van der Waals surface area contributed by atoms with Gasteiger partial charge in [-0.3, -0.25) is 9.20 Å². The molecular weight excluding hydrogens is 533 g/mol. The van der Waals surface area contributed by atoms with Crippen molar-refractivity contribution in [3.05, 3.63) is 71.7 Å². The van der Waals surface area contributed by atoms with E-state index in [0.29, 0.717) is 19.0 Å². The number of carbonyl (C=O) groups excluding carboxylic acids is 1. The molecule has 0 N–H and O–H groups in total. The molecule has 0 saturated carbocycles. The summed E-state index contributed by atoms with van der Waals surface area (Å²) >= 11 is 0. The third-order valence-electron chi connectivity index (χ3n) is 8.63. The lowest BCUT2D eigenvalue weighted by Gasteiger charge is -2.41. The molecule has 6 bridgehead atoms. The number of carbonyl (C=O) groups is 1. The van der Waals surface area contributed by atoms with Crippen LogP contribution in [-0.4, -0.2) is 54.4 Å². The molecule has 0 spiro atoms. The number of pyridine rings is 1. The van der Waals surface area contributed by atoms with Gasteiger partial charge in [0.2, 0.25) is 0 Å². The van der Waals surface area contributed by atoms with Crippen molar-refractivity contribution < 1.29 is 23.4 Å². The molecule has 220 valence electrons. The summed E-state index contributed by atoms with van der Waals surface area (Å²) in [5.74, 6) is 0.930. The fourth-order valence-electron chi connectivity index (χ4n) is 6.10. The minimum atomic E-state index is -0.322. The molecule has 0 amide bonds. The molecule has 0 atom stereocenters. The van der Waals surface area contributed by atoms with Crippen molar-refractivity contribution in [2.75, 3.05) is 38.3 Å². The second kappa shape index (κ2) is 11.8. The largest absolute Gasteiger partial charge is 0.493 e. The van der Waals surface area contributed by atoms with Gasteiger partial charge in [-0.25, -0.2) is 9.37 Å². The first kappa shape index (κ1) is 28.2. The van der Waals surface area contributed by atoms with Crippen LogP contribution in [0.15, 0.2) is 54.7 Å². The Balaban J connectivity index is 1.48. The molecule has 1 fully saturated rings. The number of benzene rings is 2. The average molecular weight is 572 g/mol. The van der Waals surface area contributed by atoms with E-state index in [-0.39, 0.29) is 23.8 Å². The van der Waals surface area contributed by atoms with Crippen molar-refractivity contribution in [3.63, 3.8) is 0 Å². The van der Waals surface area contributed by atoms with Gasteiger partial charge < -0.3 is 19.1 Å². The van der Waals surface area contributed by atoms with Gasteiger partial charge in [0.15, 0.2) is 0 Å². The minimum absolute atomic E-state index is 0.189. The van der Waals surface area contributed by atoms with Gasteiger partial charge in [-0.15, -0.1) is 0 Å². The highest BCUT2D eigenvalue weighted by atomic mass is 19.1. The van der Waals surface area contributed by atoms with E-state index in [9.17, 15) is 9.18 Å². The standard InChI is InChI=1S/C34H38FN3O4/c1-23-18-31-36-29-22-38(31)33(28(23)21-32(39)40-3)37-14-12-34(2,13-15-37)42-17-6-4-5-16-41-30-20-26(35)10-11-27(30)24-8-7-9-25(29)19-24/h7-11,18-20,22H,4-6,12-17,21H2,1-3H3. The highest BCUT2D eigenvalue weighted by molar-refractivity contribution is 5.79. The lowest BCUT2D eigenvalue weighted by Crippen LogP contribution is -2.45. The Morgan fingerprint density at radius 3 is 2.64 bits per heavy atom. The van der Waals surface area contributed by atoms with E-state index < -0.39 is 0 Å². The average Bonchev–Trinajstić information content (AvgIpc) is 3.41. The monoisotopic (exact) mass is 571 g/mol. The molecular formula is C34H38FN3O4. The van der Waals surface area contributed by atoms with Crippen molar-refractivity contribution in [2.45, 2.75) is 58.0 Å². The van der Waals surface area contributed by atoms with Crippen LogP contribution in [-0.2, 0) is 20.7 Å². The Labute approximate surface area is 246 Å². The Bertz CT molecular complexity index is 1610. The van der Waals surface area contributed by atoms with Crippen LogP contribution >= 0.6 is 0 Å². The second-order valence-corrected chi connectivity index (χ2v) is 11.7. The third-order valence-corrected chi connectivity index (χ3v) is 8.63. The summed E-state index contributed by atoms with van der Waals surface area (Å²) in [6, 6.07) is 14.9. The Hall–Kier alpha value is -3.91. The third kappa shape index (κ3) is 5.73. The van der Waals surface area contributed by atoms with Crippen LogP contribution < -0.4 is 9.64 Å². The second-order valence-electron chi connectivity index (χ2n) is 11.7. The zero-order valence-corrected chi connectivity index (χ0v) is 24.6. The summed E-state index contributed by atoms with van der Waals surface area (Å²) in [6.07, 6.45) is 6.79. The zero-order valence-electron chi connectivity index (χ0n) is 24.6. The number of imidazole rings is 1. The van der Waals surface area contributed by atoms with E-state index in [1.165, 1.54) is 19.2 Å². The van der Waals surface area contributed by atoms with Gasteiger partial charge in [-0.2, -0.15) is 0 Å². The first-order valence-electron chi connectivity index (χ1n) is 14.8. The molecule has 5 heterocycles. The molecule has 8 heteroatoms. The smallest absolute Gasteiger partial charge is 0.310 e. The lowest BCUT2D eigenvalue weighted by atomic mass is 9.92. The number of nitrogens with zero attached hydrogens (tertiary/aromatic N) is 3. The first-order valence-corrected chi connectivity index (χ1v) is 14.8. The van der Waals surface area contributed by atoms with E-state index >= 15 is 0 Å². The van der Waals surface area contributed by atoms with E-state index in [1.807, 2.05) is 31.2 Å². The van der Waals surface area contributed by atoms with Gasteiger partial charge in [0, 0.05) is 48.6 Å². The number of hydrogen-bond acceptors (Lipinski definition) is 6. The van der Waals surface area contributed by atoms with Gasteiger partial charge in [0.25, 0.3) is 0 Å². The Morgan fingerprint density at radius 1 is 1.05 bits per heavy atom. The van der Waals surface area contributed by atoms with Gasteiger partial charge in [0.05, 0.1) is 31.4 Å². The number of anilines is 1. The van der Waals surface area contributed by atoms with Crippen LogP contribution in [0.1, 0.15) is 50.2 Å². The Morgan fingerprint density at radius 2 is 1.83 bits per heavy atom. The Kier molecular flexibility index (Phi) is 7.90. The molecule has 3 aliphatic rings. The molecule has 1 saturated heterocycles. The molecule has 7 rings (SSSR count). The van der Waals surface area contributed by atoms with Crippen LogP contribution in [0.25, 0.3) is 28.0 Å². The number of aryl methyl sites for hydroxylation is 1. The van der Waals surface area contributed by atoms with Crippen LogP contribution in [0.4, 0.5) is 10.2 Å².